The summed E-state index contributed by atoms with van der Waals surface area (Å²) in [5.74, 6) is -1.41. The Kier molecular flexibility index (Phi) is 23.3. The highest BCUT2D eigenvalue weighted by atomic mass is 31.1. The molecule has 4 fully saturated rings. The Morgan fingerprint density at radius 2 is 1.36 bits per heavy atom. The molecule has 0 radical (unpaired) electrons. The van der Waals surface area contributed by atoms with Crippen LogP contribution in [0.3, 0.4) is 0 Å². The van der Waals surface area contributed by atoms with Crippen LogP contribution < -0.4 is 0 Å². The van der Waals surface area contributed by atoms with Gasteiger partial charge >= 0.3 is 11.9 Å². The maximum absolute atomic E-state index is 13.8. The van der Waals surface area contributed by atoms with Gasteiger partial charge in [-0.15, -0.1) is 0 Å². The van der Waals surface area contributed by atoms with Gasteiger partial charge in [-0.25, -0.2) is 0 Å². The topological polar surface area (TPSA) is 158 Å². The lowest BCUT2D eigenvalue weighted by molar-refractivity contribution is -0.202. The van der Waals surface area contributed by atoms with Gasteiger partial charge in [0.1, 0.15) is 11.7 Å². The molecule has 10 unspecified atom stereocenters. The lowest BCUT2D eigenvalue weighted by Crippen LogP contribution is -2.65. The van der Waals surface area contributed by atoms with Crippen LogP contribution in [0.25, 0.3) is 0 Å². The molecule has 0 spiro atoms. The van der Waals surface area contributed by atoms with Crippen LogP contribution in [0.15, 0.2) is 23.8 Å². The molecule has 2 N–H and O–H groups in total. The van der Waals surface area contributed by atoms with Crippen LogP contribution in [-0.2, 0) is 42.4 Å². The van der Waals surface area contributed by atoms with E-state index in [1.807, 2.05) is 27.1 Å². The summed E-state index contributed by atoms with van der Waals surface area (Å²) in [4.78, 5) is 53.9. The molecule has 0 aromatic rings. The maximum atomic E-state index is 13.8. The van der Waals surface area contributed by atoms with Gasteiger partial charge in [-0.1, -0.05) is 148 Å². The Morgan fingerprint density at radius 1 is 0.768 bits per heavy atom. The summed E-state index contributed by atoms with van der Waals surface area (Å²) in [5, 5.41) is 23.9. The molecule has 5 aliphatic rings. The average Bonchev–Trinajstić information content (AvgIpc) is 3.90. The lowest BCUT2D eigenvalue weighted by atomic mass is 9.40. The molecule has 69 heavy (non-hydrogen) atoms. The second-order valence-corrected chi connectivity index (χ2v) is 23.5. The molecular formula is C56H94NO11P. The smallest absolute Gasteiger partial charge is 0.306 e. The third-order valence-corrected chi connectivity index (χ3v) is 17.8. The van der Waals surface area contributed by atoms with E-state index in [9.17, 15) is 29.4 Å². The number of allylic oxidation sites excluding steroid dienone is 4. The first-order valence-corrected chi connectivity index (χ1v) is 28.4. The Labute approximate surface area is 418 Å². The first-order valence-electron chi connectivity index (χ1n) is 27.5. The number of nitrogens with zero attached hydrogens (tertiary/aromatic N) is 1. The Balaban J connectivity index is 0.932. The molecule has 13 heteroatoms. The van der Waals surface area contributed by atoms with Crippen molar-refractivity contribution in [2.75, 3.05) is 47.1 Å². The molecule has 0 heterocycles. The molecule has 0 amide bonds. The number of rotatable bonds is 36. The number of Topliss-reactive ketones (excluding diaryl/α,β-unsaturated/α-hetero) is 1. The molecule has 394 valence electrons. The van der Waals surface area contributed by atoms with Crippen molar-refractivity contribution in [1.82, 2.24) is 4.90 Å². The van der Waals surface area contributed by atoms with E-state index in [4.69, 9.17) is 23.3 Å². The third-order valence-electron chi connectivity index (χ3n) is 17.2. The van der Waals surface area contributed by atoms with Crippen molar-refractivity contribution in [2.24, 2.45) is 28.1 Å². The number of fused-ring (bicyclic) bond motifs is 5. The van der Waals surface area contributed by atoms with Crippen LogP contribution in [0.5, 0.6) is 0 Å². The second kappa shape index (κ2) is 27.8. The highest BCUT2D eigenvalue weighted by Gasteiger charge is 2.71. The van der Waals surface area contributed by atoms with E-state index in [-0.39, 0.29) is 70.0 Å². The number of carbonyl (C=O) groups is 4. The standard InChI is InChI=1S/C56H94NO11P/c1-7-8-9-10-11-12-13-14-15-16-17-18-19-23-26-36-64-48-40-55(48,42-67-69-66-37-35-57(5)6)68-50(62)28-25-22-20-21-24-27-49(61)65-41-47(60)56(63)34-31-46-53(3)32-29-43-38-44(58)30-33-52(43,2)51(53)45(59)39-54(46,56)4/h30,33,38,45-46,48,51,59,63,69H,7-29,31-32,34-37,39-42H2,1-6H3. The zero-order valence-corrected chi connectivity index (χ0v) is 44.9. The monoisotopic (exact) mass is 988 g/mol. The van der Waals surface area contributed by atoms with Gasteiger partial charge < -0.3 is 38.4 Å². The molecule has 0 aliphatic heterocycles. The van der Waals surface area contributed by atoms with Crippen molar-refractivity contribution in [2.45, 2.75) is 231 Å². The Bertz CT molecular complexity index is 1700. The first-order chi connectivity index (χ1) is 33.0. The van der Waals surface area contributed by atoms with Gasteiger partial charge in [-0.2, -0.15) is 0 Å². The first kappa shape index (κ1) is 57.8. The minimum absolute atomic E-state index is 0.0202. The van der Waals surface area contributed by atoms with Gasteiger partial charge in [-0.3, -0.25) is 19.2 Å². The van der Waals surface area contributed by atoms with Gasteiger partial charge in [0.2, 0.25) is 5.78 Å². The number of ketones is 2. The van der Waals surface area contributed by atoms with Crippen molar-refractivity contribution in [3.8, 4) is 0 Å². The number of aliphatic hydroxyl groups is 2. The summed E-state index contributed by atoms with van der Waals surface area (Å²) < 4.78 is 29.3. The molecule has 5 rings (SSSR count). The normalized spacial score (nSPS) is 31.4. The summed E-state index contributed by atoms with van der Waals surface area (Å²) in [5.41, 5.74) is -3.12. The number of aliphatic hydroxyl groups excluding tert-OH is 1. The van der Waals surface area contributed by atoms with Crippen molar-refractivity contribution < 1.29 is 52.6 Å². The Morgan fingerprint density at radius 3 is 1.99 bits per heavy atom. The van der Waals surface area contributed by atoms with E-state index in [2.05, 4.69) is 25.7 Å². The van der Waals surface area contributed by atoms with E-state index in [0.29, 0.717) is 45.3 Å². The van der Waals surface area contributed by atoms with Crippen LogP contribution in [0, 0.1) is 28.1 Å². The molecular weight excluding hydrogens is 894 g/mol. The summed E-state index contributed by atoms with van der Waals surface area (Å²) >= 11 is 0. The highest BCUT2D eigenvalue weighted by Crippen LogP contribution is 2.72. The molecule has 4 saturated carbocycles. The zero-order chi connectivity index (χ0) is 50.0. The fourth-order valence-corrected chi connectivity index (χ4v) is 13.6. The minimum Gasteiger partial charge on any atom is -0.458 e. The summed E-state index contributed by atoms with van der Waals surface area (Å²) in [6.45, 7) is 10.3. The van der Waals surface area contributed by atoms with E-state index >= 15 is 0 Å². The van der Waals surface area contributed by atoms with E-state index in [0.717, 1.165) is 57.1 Å². The number of hydrogen-bond acceptors (Lipinski definition) is 12. The molecule has 0 aromatic carbocycles. The van der Waals surface area contributed by atoms with Crippen LogP contribution in [0.1, 0.15) is 207 Å². The van der Waals surface area contributed by atoms with Crippen molar-refractivity contribution in [3.63, 3.8) is 0 Å². The second-order valence-electron chi connectivity index (χ2n) is 22.7. The van der Waals surface area contributed by atoms with Crippen molar-refractivity contribution in [3.05, 3.63) is 23.8 Å². The number of esters is 2. The van der Waals surface area contributed by atoms with E-state index < -0.39 is 46.5 Å². The molecule has 5 aliphatic carbocycles. The number of unbranched alkanes of at least 4 members (excludes halogenated alkanes) is 18. The summed E-state index contributed by atoms with van der Waals surface area (Å²) in [7, 11) is 3.86. The van der Waals surface area contributed by atoms with Gasteiger partial charge in [0, 0.05) is 49.2 Å². The van der Waals surface area contributed by atoms with Gasteiger partial charge in [0.15, 0.2) is 27.0 Å². The van der Waals surface area contributed by atoms with Crippen molar-refractivity contribution in [1.29, 1.82) is 0 Å². The molecule has 10 atom stereocenters. The zero-order valence-electron chi connectivity index (χ0n) is 43.9. The molecule has 0 bridgehead atoms. The average molecular weight is 988 g/mol. The highest BCUT2D eigenvalue weighted by molar-refractivity contribution is 7.26. The van der Waals surface area contributed by atoms with E-state index in [1.165, 1.54) is 83.5 Å². The van der Waals surface area contributed by atoms with Crippen LogP contribution in [0.4, 0.5) is 0 Å². The number of carbonyl (C=O) groups excluding carboxylic acids is 4. The maximum Gasteiger partial charge on any atom is 0.306 e. The third kappa shape index (κ3) is 15.7. The number of hydrogen-bond donors (Lipinski definition) is 2. The predicted molar refractivity (Wildman–Crippen MR) is 273 cm³/mol. The van der Waals surface area contributed by atoms with Gasteiger partial charge in [0.05, 0.1) is 19.3 Å². The Hall–Kier alpha value is -2.05. The van der Waals surface area contributed by atoms with Gasteiger partial charge in [-0.05, 0) is 88.9 Å². The largest absolute Gasteiger partial charge is 0.458 e. The summed E-state index contributed by atoms with van der Waals surface area (Å²) in [6, 6.07) is 0. The molecule has 0 aromatic heterocycles. The van der Waals surface area contributed by atoms with Crippen LogP contribution >= 0.6 is 9.03 Å². The fraction of sp³-hybridized carbons (Fsp3) is 0.857. The lowest BCUT2D eigenvalue weighted by Gasteiger charge is -2.64. The number of likely N-dealkylation sites (N-methyl/N-ethyl adjacent to an activating group) is 1. The van der Waals surface area contributed by atoms with Crippen molar-refractivity contribution >= 4 is 32.5 Å². The quantitative estimate of drug-likeness (QED) is 0.0348. The van der Waals surface area contributed by atoms with E-state index in [1.54, 1.807) is 12.2 Å². The summed E-state index contributed by atoms with van der Waals surface area (Å²) in [6.07, 6.45) is 31.6. The predicted octanol–water partition coefficient (Wildman–Crippen LogP) is 11.3. The number of ether oxygens (including phenoxy) is 3. The fourth-order valence-electron chi connectivity index (χ4n) is 13.1. The van der Waals surface area contributed by atoms with Crippen LogP contribution in [-0.4, -0.2) is 109 Å². The minimum atomic E-state index is -1.71. The molecule has 0 saturated heterocycles. The SMILES string of the molecule is CCCCCCCCCCCCCCCCCOC1CC1(COPOCCN(C)C)OC(=O)CCCCCCCC(=O)OCC(=O)C1(O)CCC2C3(C)CCC4=CC(=O)C=CC4(C)C3C(O)CC21C. The van der Waals surface area contributed by atoms with Gasteiger partial charge in [0.25, 0.3) is 0 Å². The molecule has 12 nitrogen and oxygen atoms in total. The van der Waals surface area contributed by atoms with Crippen LogP contribution in [0.2, 0.25) is 0 Å².